The van der Waals surface area contributed by atoms with Gasteiger partial charge in [-0.3, -0.25) is 4.79 Å². The van der Waals surface area contributed by atoms with Crippen molar-refractivity contribution in [2.24, 2.45) is 0 Å². The highest BCUT2D eigenvalue weighted by Gasteiger charge is 2.16. The van der Waals surface area contributed by atoms with Crippen LogP contribution in [0.2, 0.25) is 0 Å². The minimum atomic E-state index is -0.0332. The lowest BCUT2D eigenvalue weighted by atomic mass is 10.1. The van der Waals surface area contributed by atoms with Crippen molar-refractivity contribution in [3.63, 3.8) is 0 Å². The summed E-state index contributed by atoms with van der Waals surface area (Å²) in [6, 6.07) is 7.52. The number of hydrogen-bond donors (Lipinski definition) is 2. The molecule has 1 aromatic rings. The number of carbonyl (C=O) groups excluding carboxylic acids is 1. The Hall–Kier alpha value is -1.30. The molecule has 0 unspecified atom stereocenters. The molecule has 1 fully saturated rings. The van der Waals surface area contributed by atoms with Gasteiger partial charge >= 0.3 is 0 Å². The highest BCUT2D eigenvalue weighted by atomic mass is 35.5. The van der Waals surface area contributed by atoms with E-state index in [-0.39, 0.29) is 24.4 Å². The minimum absolute atomic E-state index is 0. The minimum Gasteiger partial charge on any atom is -0.491 e. The molecule has 2 rings (SSSR count). The topological polar surface area (TPSA) is 59.6 Å². The first-order chi connectivity index (χ1) is 9.79. The molecule has 1 heterocycles. The first-order valence-electron chi connectivity index (χ1n) is 7.03. The molecule has 0 bridgehead atoms. The van der Waals surface area contributed by atoms with E-state index in [0.717, 1.165) is 25.9 Å². The van der Waals surface area contributed by atoms with Gasteiger partial charge in [0.25, 0.3) is 5.91 Å². The molecule has 5 nitrogen and oxygen atoms in total. The molecular formula is C15H23ClN2O3. The van der Waals surface area contributed by atoms with Gasteiger partial charge in [0.2, 0.25) is 0 Å². The molecule has 0 atom stereocenters. The van der Waals surface area contributed by atoms with Crippen LogP contribution in [-0.2, 0) is 4.74 Å². The van der Waals surface area contributed by atoms with Crippen molar-refractivity contribution in [2.45, 2.75) is 18.9 Å². The van der Waals surface area contributed by atoms with Crippen LogP contribution >= 0.6 is 12.4 Å². The predicted octanol–water partition coefficient (Wildman–Crippen LogP) is 1.62. The summed E-state index contributed by atoms with van der Waals surface area (Å²) in [7, 11) is 1.63. The fourth-order valence-corrected chi connectivity index (χ4v) is 2.20. The molecule has 0 saturated carbocycles. The number of methoxy groups -OCH3 is 1. The Morgan fingerprint density at radius 3 is 2.81 bits per heavy atom. The number of ether oxygens (including phenoxy) is 2. The Kier molecular flexibility index (Phi) is 8.12. The largest absolute Gasteiger partial charge is 0.491 e. The molecule has 1 saturated heterocycles. The van der Waals surface area contributed by atoms with Crippen LogP contribution in [0, 0.1) is 0 Å². The van der Waals surface area contributed by atoms with Crippen LogP contribution in [0.25, 0.3) is 0 Å². The highest BCUT2D eigenvalue weighted by Crippen LogP contribution is 2.14. The van der Waals surface area contributed by atoms with Gasteiger partial charge in [0.1, 0.15) is 12.4 Å². The van der Waals surface area contributed by atoms with Gasteiger partial charge in [-0.05, 0) is 44.1 Å². The van der Waals surface area contributed by atoms with E-state index in [1.807, 2.05) is 12.1 Å². The monoisotopic (exact) mass is 314 g/mol. The number of amides is 1. The number of nitrogens with one attached hydrogen (secondary N) is 2. The third-order valence-corrected chi connectivity index (χ3v) is 3.33. The van der Waals surface area contributed by atoms with E-state index in [2.05, 4.69) is 10.6 Å². The van der Waals surface area contributed by atoms with Crippen molar-refractivity contribution in [1.29, 1.82) is 0 Å². The van der Waals surface area contributed by atoms with Crippen molar-refractivity contribution in [3.05, 3.63) is 29.8 Å². The molecular weight excluding hydrogens is 292 g/mol. The second-order valence-corrected chi connectivity index (χ2v) is 4.87. The maximum Gasteiger partial charge on any atom is 0.251 e. The summed E-state index contributed by atoms with van der Waals surface area (Å²) in [6.07, 6.45) is 1.96. The van der Waals surface area contributed by atoms with E-state index in [0.29, 0.717) is 24.5 Å². The number of hydrogen-bond acceptors (Lipinski definition) is 4. The number of rotatable bonds is 6. The van der Waals surface area contributed by atoms with Crippen LogP contribution in [0.15, 0.2) is 24.3 Å². The van der Waals surface area contributed by atoms with Crippen molar-refractivity contribution in [3.8, 4) is 5.75 Å². The number of piperidine rings is 1. The zero-order valence-electron chi connectivity index (χ0n) is 12.3. The Labute approximate surface area is 131 Å². The highest BCUT2D eigenvalue weighted by molar-refractivity contribution is 5.94. The zero-order valence-corrected chi connectivity index (χ0v) is 13.1. The number of carbonyl (C=O) groups is 1. The fraction of sp³-hybridized carbons (Fsp3) is 0.533. The van der Waals surface area contributed by atoms with Crippen LogP contribution < -0.4 is 15.4 Å². The summed E-state index contributed by atoms with van der Waals surface area (Å²) in [6.45, 7) is 2.94. The van der Waals surface area contributed by atoms with Crippen LogP contribution in [0.5, 0.6) is 5.75 Å². The second kappa shape index (κ2) is 9.60. The molecule has 0 aliphatic carbocycles. The molecule has 0 spiro atoms. The Morgan fingerprint density at radius 2 is 2.10 bits per heavy atom. The summed E-state index contributed by atoms with van der Waals surface area (Å²) in [5.41, 5.74) is 0.637. The van der Waals surface area contributed by atoms with Crippen molar-refractivity contribution in [2.75, 3.05) is 33.4 Å². The molecule has 1 aliphatic heterocycles. The molecule has 0 radical (unpaired) electrons. The molecule has 118 valence electrons. The summed E-state index contributed by atoms with van der Waals surface area (Å²) in [5, 5.41) is 6.35. The Bertz CT molecular complexity index is 437. The predicted molar refractivity (Wildman–Crippen MR) is 84.4 cm³/mol. The molecule has 1 aromatic carbocycles. The quantitative estimate of drug-likeness (QED) is 0.783. The summed E-state index contributed by atoms with van der Waals surface area (Å²) in [4.78, 5) is 12.2. The van der Waals surface area contributed by atoms with E-state index in [1.54, 1.807) is 19.2 Å². The van der Waals surface area contributed by atoms with Crippen LogP contribution in [0.3, 0.4) is 0 Å². The fourth-order valence-electron chi connectivity index (χ4n) is 2.20. The standard InChI is InChI=1S/C15H22N2O3.ClH/c1-19-9-10-20-14-4-2-3-12(11-14)15(18)17-13-5-7-16-8-6-13;/h2-4,11,13,16H,5-10H2,1H3,(H,17,18);1H. The van der Waals surface area contributed by atoms with Crippen LogP contribution in [-0.4, -0.2) is 45.4 Å². The van der Waals surface area contributed by atoms with Gasteiger partial charge in [-0.25, -0.2) is 0 Å². The van der Waals surface area contributed by atoms with E-state index in [1.165, 1.54) is 0 Å². The van der Waals surface area contributed by atoms with Crippen molar-refractivity contribution < 1.29 is 14.3 Å². The van der Waals surface area contributed by atoms with E-state index < -0.39 is 0 Å². The van der Waals surface area contributed by atoms with Gasteiger partial charge in [0.15, 0.2) is 0 Å². The average Bonchev–Trinajstić information content (AvgIpc) is 2.49. The van der Waals surface area contributed by atoms with Gasteiger partial charge in [-0.2, -0.15) is 0 Å². The maximum absolute atomic E-state index is 12.2. The second-order valence-electron chi connectivity index (χ2n) is 4.87. The first-order valence-corrected chi connectivity index (χ1v) is 7.03. The molecule has 21 heavy (non-hydrogen) atoms. The van der Waals surface area contributed by atoms with Gasteiger partial charge in [0, 0.05) is 18.7 Å². The van der Waals surface area contributed by atoms with Gasteiger partial charge in [0.05, 0.1) is 6.61 Å². The average molecular weight is 315 g/mol. The Balaban J connectivity index is 0.00000220. The lowest BCUT2D eigenvalue weighted by Gasteiger charge is -2.23. The summed E-state index contributed by atoms with van der Waals surface area (Å²) < 4.78 is 10.4. The summed E-state index contributed by atoms with van der Waals surface area (Å²) >= 11 is 0. The number of halogens is 1. The molecule has 1 amide bonds. The van der Waals surface area contributed by atoms with E-state index >= 15 is 0 Å². The first kappa shape index (κ1) is 17.8. The molecule has 6 heteroatoms. The molecule has 1 aliphatic rings. The van der Waals surface area contributed by atoms with E-state index in [9.17, 15) is 4.79 Å². The van der Waals surface area contributed by atoms with Crippen LogP contribution in [0.1, 0.15) is 23.2 Å². The lowest BCUT2D eigenvalue weighted by molar-refractivity contribution is 0.0929. The van der Waals surface area contributed by atoms with Crippen LogP contribution in [0.4, 0.5) is 0 Å². The van der Waals surface area contributed by atoms with Crippen molar-refractivity contribution >= 4 is 18.3 Å². The lowest BCUT2D eigenvalue weighted by Crippen LogP contribution is -2.42. The third-order valence-electron chi connectivity index (χ3n) is 3.33. The Morgan fingerprint density at radius 1 is 1.33 bits per heavy atom. The molecule has 0 aromatic heterocycles. The SMILES string of the molecule is COCCOc1cccc(C(=O)NC2CCNCC2)c1.Cl. The van der Waals surface area contributed by atoms with E-state index in [4.69, 9.17) is 9.47 Å². The normalized spacial score (nSPS) is 15.1. The zero-order chi connectivity index (χ0) is 14.2. The smallest absolute Gasteiger partial charge is 0.251 e. The maximum atomic E-state index is 12.2. The molecule has 2 N–H and O–H groups in total. The van der Waals surface area contributed by atoms with Crippen molar-refractivity contribution in [1.82, 2.24) is 10.6 Å². The third kappa shape index (κ3) is 5.91. The van der Waals surface area contributed by atoms with Gasteiger partial charge in [-0.1, -0.05) is 6.07 Å². The number of benzene rings is 1. The van der Waals surface area contributed by atoms with Gasteiger partial charge < -0.3 is 20.1 Å². The van der Waals surface area contributed by atoms with Gasteiger partial charge in [-0.15, -0.1) is 12.4 Å². The summed E-state index contributed by atoms with van der Waals surface area (Å²) in [5.74, 6) is 0.661.